The Bertz CT molecular complexity index is 1040. The van der Waals surface area contributed by atoms with E-state index in [1.165, 1.54) is 25.3 Å². The summed E-state index contributed by atoms with van der Waals surface area (Å²) in [7, 11) is 1.45. The van der Waals surface area contributed by atoms with Crippen molar-refractivity contribution in [1.29, 1.82) is 0 Å². The van der Waals surface area contributed by atoms with Crippen LogP contribution < -0.4 is 4.74 Å². The minimum atomic E-state index is -0.787. The van der Waals surface area contributed by atoms with Gasteiger partial charge in [0.2, 0.25) is 0 Å². The van der Waals surface area contributed by atoms with Crippen molar-refractivity contribution in [3.63, 3.8) is 0 Å². The summed E-state index contributed by atoms with van der Waals surface area (Å²) < 4.78 is 18.8. The largest absolute Gasteiger partial charge is 0.507 e. The Morgan fingerprint density at radius 1 is 1.10 bits per heavy atom. The first kappa shape index (κ1) is 21.4. The van der Waals surface area contributed by atoms with E-state index in [1.54, 1.807) is 29.2 Å². The fourth-order valence-corrected chi connectivity index (χ4v) is 4.72. The number of hydrogen-bond acceptors (Lipinski definition) is 4. The van der Waals surface area contributed by atoms with Gasteiger partial charge in [-0.25, -0.2) is 4.39 Å². The van der Waals surface area contributed by atoms with Gasteiger partial charge in [-0.3, -0.25) is 9.59 Å². The molecule has 2 fully saturated rings. The quantitative estimate of drug-likeness (QED) is 0.398. The first-order chi connectivity index (χ1) is 14.9. The third kappa shape index (κ3) is 3.92. The average Bonchev–Trinajstić information content (AvgIpc) is 3.05. The van der Waals surface area contributed by atoms with Gasteiger partial charge in [-0.05, 0) is 48.7 Å². The number of carbonyl (C=O) groups excluding carboxylic acids is 2. The number of aliphatic hydroxyl groups is 1. The van der Waals surface area contributed by atoms with Crippen molar-refractivity contribution in [2.75, 3.05) is 7.11 Å². The third-order valence-electron chi connectivity index (χ3n) is 6.06. The lowest BCUT2D eigenvalue weighted by Gasteiger charge is -2.35. The fraction of sp³-hybridized carbons (Fsp3) is 0.333. The van der Waals surface area contributed by atoms with Crippen molar-refractivity contribution in [3.05, 3.63) is 70.0 Å². The molecule has 1 N–H and O–H groups in total. The number of ether oxygens (including phenoxy) is 1. The number of carbonyl (C=O) groups is 2. The topological polar surface area (TPSA) is 66.8 Å². The maximum atomic E-state index is 13.6. The molecule has 1 aliphatic carbocycles. The molecule has 1 saturated heterocycles. The molecule has 1 amide bonds. The average molecular weight is 444 g/mol. The van der Waals surface area contributed by atoms with Gasteiger partial charge in [-0.15, -0.1) is 0 Å². The molecule has 4 rings (SSSR count). The highest BCUT2D eigenvalue weighted by atomic mass is 35.5. The molecule has 7 heteroatoms. The van der Waals surface area contributed by atoms with E-state index in [0.717, 1.165) is 32.1 Å². The van der Waals surface area contributed by atoms with Crippen molar-refractivity contribution < 1.29 is 23.8 Å². The Labute approximate surface area is 185 Å². The number of amides is 1. The second-order valence-electron chi connectivity index (χ2n) is 7.90. The minimum absolute atomic E-state index is 0.00782. The SMILES string of the molecule is COc1cc(/C(O)=C2/C(=O)C(=O)N(C3CCCCC3)C2c2ccc(F)cc2)ccc1Cl. The van der Waals surface area contributed by atoms with E-state index in [0.29, 0.717) is 21.9 Å². The Kier molecular flexibility index (Phi) is 6.01. The molecular weight excluding hydrogens is 421 g/mol. The maximum absolute atomic E-state index is 13.6. The molecule has 2 aromatic rings. The van der Waals surface area contributed by atoms with Crippen LogP contribution in [0, 0.1) is 5.82 Å². The molecule has 1 aliphatic heterocycles. The van der Waals surface area contributed by atoms with Crippen LogP contribution >= 0.6 is 11.6 Å². The van der Waals surface area contributed by atoms with Crippen molar-refractivity contribution in [3.8, 4) is 5.75 Å². The molecular formula is C24H23ClFNO4. The summed E-state index contributed by atoms with van der Waals surface area (Å²) >= 11 is 6.09. The molecule has 0 bridgehead atoms. The van der Waals surface area contributed by atoms with E-state index >= 15 is 0 Å². The monoisotopic (exact) mass is 443 g/mol. The van der Waals surface area contributed by atoms with Gasteiger partial charge >= 0.3 is 0 Å². The Morgan fingerprint density at radius 2 is 1.77 bits per heavy atom. The molecule has 0 aromatic heterocycles. The highest BCUT2D eigenvalue weighted by Crippen LogP contribution is 2.43. The van der Waals surface area contributed by atoms with Gasteiger partial charge in [0.1, 0.15) is 17.3 Å². The van der Waals surface area contributed by atoms with Gasteiger partial charge in [-0.1, -0.05) is 43.0 Å². The zero-order valence-corrected chi connectivity index (χ0v) is 17.9. The number of methoxy groups -OCH3 is 1. The minimum Gasteiger partial charge on any atom is -0.507 e. The van der Waals surface area contributed by atoms with Crippen LogP contribution in [0.15, 0.2) is 48.0 Å². The fourth-order valence-electron chi connectivity index (χ4n) is 4.52. The Morgan fingerprint density at radius 3 is 2.42 bits per heavy atom. The first-order valence-corrected chi connectivity index (χ1v) is 10.7. The van der Waals surface area contributed by atoms with Crippen LogP contribution in [0.25, 0.3) is 5.76 Å². The van der Waals surface area contributed by atoms with Crippen LogP contribution in [0.4, 0.5) is 4.39 Å². The molecule has 2 aliphatic rings. The molecule has 31 heavy (non-hydrogen) atoms. The summed E-state index contributed by atoms with van der Waals surface area (Å²) in [5.41, 5.74) is 0.884. The summed E-state index contributed by atoms with van der Waals surface area (Å²) in [6.07, 6.45) is 4.61. The number of ketones is 1. The number of rotatable bonds is 4. The molecule has 5 nitrogen and oxygen atoms in total. The van der Waals surface area contributed by atoms with Crippen LogP contribution in [0.3, 0.4) is 0 Å². The summed E-state index contributed by atoms with van der Waals surface area (Å²) in [6.45, 7) is 0. The number of nitrogens with zero attached hydrogens (tertiary/aromatic N) is 1. The van der Waals surface area contributed by atoms with Crippen LogP contribution in [0.1, 0.15) is 49.3 Å². The van der Waals surface area contributed by atoms with Gasteiger partial charge in [0.25, 0.3) is 11.7 Å². The number of benzene rings is 2. The van der Waals surface area contributed by atoms with Crippen molar-refractivity contribution in [2.24, 2.45) is 0 Å². The lowest BCUT2D eigenvalue weighted by atomic mass is 9.91. The second kappa shape index (κ2) is 8.71. The normalized spacial score (nSPS) is 21.5. The predicted molar refractivity (Wildman–Crippen MR) is 115 cm³/mol. The molecule has 162 valence electrons. The standard InChI is InChI=1S/C24H23ClFNO4/c1-31-19-13-15(9-12-18(19)25)22(28)20-21(14-7-10-16(26)11-8-14)27(24(30)23(20)29)17-5-3-2-4-6-17/h7-13,17,21,28H,2-6H2,1H3/b22-20-. The lowest BCUT2D eigenvalue weighted by Crippen LogP contribution is -2.40. The Hall–Kier alpha value is -2.86. The van der Waals surface area contributed by atoms with Gasteiger partial charge in [0.15, 0.2) is 0 Å². The van der Waals surface area contributed by atoms with E-state index in [2.05, 4.69) is 0 Å². The number of hydrogen-bond donors (Lipinski definition) is 1. The van der Waals surface area contributed by atoms with Crippen molar-refractivity contribution in [2.45, 2.75) is 44.2 Å². The zero-order valence-electron chi connectivity index (χ0n) is 17.1. The summed E-state index contributed by atoms with van der Waals surface area (Å²) in [5, 5.41) is 11.5. The summed E-state index contributed by atoms with van der Waals surface area (Å²) in [5.74, 6) is -1.76. The van der Waals surface area contributed by atoms with Crippen molar-refractivity contribution >= 4 is 29.1 Å². The molecule has 1 heterocycles. The smallest absolute Gasteiger partial charge is 0.295 e. The van der Waals surface area contributed by atoms with E-state index in [9.17, 15) is 19.1 Å². The number of halogens is 2. The highest BCUT2D eigenvalue weighted by molar-refractivity contribution is 6.46. The zero-order chi connectivity index (χ0) is 22.1. The van der Waals surface area contributed by atoms with Crippen LogP contribution in [-0.4, -0.2) is 34.8 Å². The Balaban J connectivity index is 1.87. The molecule has 2 aromatic carbocycles. The van der Waals surface area contributed by atoms with E-state index in [-0.39, 0.29) is 17.4 Å². The number of Topliss-reactive ketones (excluding diaryl/α,β-unsaturated/α-hetero) is 1. The van der Waals surface area contributed by atoms with E-state index in [1.807, 2.05) is 0 Å². The highest BCUT2D eigenvalue weighted by Gasteiger charge is 2.48. The van der Waals surface area contributed by atoms with Gasteiger partial charge < -0.3 is 14.7 Å². The van der Waals surface area contributed by atoms with Crippen LogP contribution in [0.2, 0.25) is 5.02 Å². The third-order valence-corrected chi connectivity index (χ3v) is 6.37. The lowest BCUT2D eigenvalue weighted by molar-refractivity contribution is -0.141. The second-order valence-corrected chi connectivity index (χ2v) is 8.31. The molecule has 1 atom stereocenters. The molecule has 0 radical (unpaired) electrons. The first-order valence-electron chi connectivity index (χ1n) is 10.3. The summed E-state index contributed by atoms with van der Waals surface area (Å²) in [4.78, 5) is 27.8. The number of aliphatic hydroxyl groups excluding tert-OH is 1. The molecule has 1 saturated carbocycles. The van der Waals surface area contributed by atoms with Crippen LogP contribution in [0.5, 0.6) is 5.75 Å². The summed E-state index contributed by atoms with van der Waals surface area (Å²) in [6, 6.07) is 9.44. The van der Waals surface area contributed by atoms with Gasteiger partial charge in [0.05, 0.1) is 23.7 Å². The van der Waals surface area contributed by atoms with Gasteiger partial charge in [-0.2, -0.15) is 0 Å². The van der Waals surface area contributed by atoms with E-state index < -0.39 is 23.5 Å². The predicted octanol–water partition coefficient (Wildman–Crippen LogP) is 5.24. The van der Waals surface area contributed by atoms with Crippen LogP contribution in [-0.2, 0) is 9.59 Å². The molecule has 0 spiro atoms. The van der Waals surface area contributed by atoms with Crippen molar-refractivity contribution in [1.82, 2.24) is 4.90 Å². The van der Waals surface area contributed by atoms with Gasteiger partial charge in [0, 0.05) is 11.6 Å². The maximum Gasteiger partial charge on any atom is 0.295 e. The van der Waals surface area contributed by atoms with E-state index in [4.69, 9.17) is 16.3 Å². The number of likely N-dealkylation sites (tertiary alicyclic amines) is 1. The molecule has 1 unspecified atom stereocenters.